The molecule has 2 atom stereocenters. The van der Waals surface area contributed by atoms with Crippen LogP contribution in [0.3, 0.4) is 0 Å². The minimum atomic E-state index is -0.292. The van der Waals surface area contributed by atoms with E-state index in [1.807, 2.05) is 11.5 Å². The van der Waals surface area contributed by atoms with Crippen molar-refractivity contribution in [1.82, 2.24) is 20.1 Å². The van der Waals surface area contributed by atoms with Crippen LogP contribution in [0, 0.1) is 11.7 Å². The maximum Gasteiger partial charge on any atom is 0.230 e. The molecular weight excluding hydrogens is 379 g/mol. The Kier molecular flexibility index (Phi) is 7.07. The predicted octanol–water partition coefficient (Wildman–Crippen LogP) is 3.52. The summed E-state index contributed by atoms with van der Waals surface area (Å²) in [6, 6.07) is 6.32. The van der Waals surface area contributed by atoms with Gasteiger partial charge in [-0.1, -0.05) is 25.6 Å². The summed E-state index contributed by atoms with van der Waals surface area (Å²) in [4.78, 5) is 12.2. The Hall–Kier alpha value is -1.93. The fraction of sp³-hybridized carbons (Fsp3) is 0.550. The van der Waals surface area contributed by atoms with Crippen LogP contribution in [0.2, 0.25) is 0 Å². The number of hydrogen-bond donors (Lipinski definition) is 1. The van der Waals surface area contributed by atoms with Gasteiger partial charge in [0, 0.05) is 18.2 Å². The molecule has 1 N–H and O–H groups in total. The number of hydrogen-bond acceptors (Lipinski definition) is 5. The van der Waals surface area contributed by atoms with Crippen LogP contribution in [0.25, 0.3) is 11.4 Å². The SMILES string of the molecule is CC(C)C(C)NC(=O)CSc1nnc(-c2ccc(F)cc2)n1CC1CCCO1. The summed E-state index contributed by atoms with van der Waals surface area (Å²) in [6.07, 6.45) is 2.12. The standard InChI is InChI=1S/C20H27FN4O2S/c1-13(2)14(3)22-18(26)12-28-20-24-23-19(15-6-8-16(21)9-7-15)25(20)11-17-5-4-10-27-17/h6-9,13-14,17H,4-5,10-12H2,1-3H3,(H,22,26). The molecule has 0 radical (unpaired) electrons. The van der Waals surface area contributed by atoms with E-state index in [1.54, 1.807) is 12.1 Å². The third kappa shape index (κ3) is 5.32. The van der Waals surface area contributed by atoms with Gasteiger partial charge in [0.1, 0.15) is 5.82 Å². The lowest BCUT2D eigenvalue weighted by atomic mass is 10.1. The molecule has 0 spiro atoms. The molecular formula is C20H27FN4O2S. The normalized spacial score (nSPS) is 17.8. The average Bonchev–Trinajstić information content (AvgIpc) is 3.31. The lowest BCUT2D eigenvalue weighted by Gasteiger charge is -2.17. The van der Waals surface area contributed by atoms with Gasteiger partial charge in [0.25, 0.3) is 0 Å². The number of amides is 1. The van der Waals surface area contributed by atoms with Gasteiger partial charge in [0.15, 0.2) is 11.0 Å². The molecule has 28 heavy (non-hydrogen) atoms. The van der Waals surface area contributed by atoms with E-state index in [4.69, 9.17) is 4.74 Å². The maximum absolute atomic E-state index is 13.3. The number of carbonyl (C=O) groups excluding carboxylic acids is 1. The molecule has 6 nitrogen and oxygen atoms in total. The molecule has 8 heteroatoms. The number of aromatic nitrogens is 3. The van der Waals surface area contributed by atoms with Crippen LogP contribution in [0.5, 0.6) is 0 Å². The number of ether oxygens (including phenoxy) is 1. The van der Waals surface area contributed by atoms with E-state index in [9.17, 15) is 9.18 Å². The Morgan fingerprint density at radius 1 is 1.32 bits per heavy atom. The molecule has 2 aromatic rings. The van der Waals surface area contributed by atoms with Crippen LogP contribution in [0.1, 0.15) is 33.6 Å². The fourth-order valence-corrected chi connectivity index (χ4v) is 3.72. The Morgan fingerprint density at radius 2 is 2.07 bits per heavy atom. The second-order valence-electron chi connectivity index (χ2n) is 7.45. The molecule has 1 aromatic heterocycles. The first-order valence-electron chi connectivity index (χ1n) is 9.67. The van der Waals surface area contributed by atoms with Crippen molar-refractivity contribution in [2.45, 2.75) is 57.5 Å². The predicted molar refractivity (Wildman–Crippen MR) is 108 cm³/mol. The maximum atomic E-state index is 13.3. The molecule has 0 saturated carbocycles. The minimum absolute atomic E-state index is 0.0267. The highest BCUT2D eigenvalue weighted by Gasteiger charge is 2.22. The quantitative estimate of drug-likeness (QED) is 0.680. The molecule has 0 bridgehead atoms. The van der Waals surface area contributed by atoms with Crippen molar-refractivity contribution in [1.29, 1.82) is 0 Å². The van der Waals surface area contributed by atoms with Gasteiger partial charge in [-0.2, -0.15) is 0 Å². The van der Waals surface area contributed by atoms with Gasteiger partial charge in [0.2, 0.25) is 5.91 Å². The molecule has 2 heterocycles. The highest BCUT2D eigenvalue weighted by molar-refractivity contribution is 7.99. The number of benzene rings is 1. The van der Waals surface area contributed by atoms with E-state index >= 15 is 0 Å². The van der Waals surface area contributed by atoms with E-state index in [1.165, 1.54) is 23.9 Å². The van der Waals surface area contributed by atoms with Gasteiger partial charge in [-0.15, -0.1) is 10.2 Å². The zero-order valence-electron chi connectivity index (χ0n) is 16.5. The van der Waals surface area contributed by atoms with Crippen LogP contribution in [0.4, 0.5) is 4.39 Å². The van der Waals surface area contributed by atoms with Crippen molar-refractivity contribution in [2.75, 3.05) is 12.4 Å². The summed E-state index contributed by atoms with van der Waals surface area (Å²) in [7, 11) is 0. The molecule has 152 valence electrons. The molecule has 1 saturated heterocycles. The van der Waals surface area contributed by atoms with Crippen LogP contribution in [0.15, 0.2) is 29.4 Å². The number of halogens is 1. The first-order valence-corrected chi connectivity index (χ1v) is 10.7. The van der Waals surface area contributed by atoms with Crippen molar-refractivity contribution >= 4 is 17.7 Å². The first kappa shape index (κ1) is 20.8. The summed E-state index contributed by atoms with van der Waals surface area (Å²) in [5.74, 6) is 0.987. The van der Waals surface area contributed by atoms with Gasteiger partial charge in [0.05, 0.1) is 18.4 Å². The van der Waals surface area contributed by atoms with Gasteiger partial charge < -0.3 is 10.1 Å². The molecule has 1 fully saturated rings. The number of nitrogens with one attached hydrogen (secondary N) is 1. The topological polar surface area (TPSA) is 69.0 Å². The lowest BCUT2D eigenvalue weighted by molar-refractivity contribution is -0.119. The summed E-state index contributed by atoms with van der Waals surface area (Å²) >= 11 is 1.36. The Balaban J connectivity index is 1.76. The Morgan fingerprint density at radius 3 is 2.71 bits per heavy atom. The van der Waals surface area contributed by atoms with E-state index < -0.39 is 0 Å². The molecule has 1 aliphatic heterocycles. The summed E-state index contributed by atoms with van der Waals surface area (Å²) < 4.78 is 21.0. The zero-order chi connectivity index (χ0) is 20.1. The van der Waals surface area contributed by atoms with Gasteiger partial charge in [-0.25, -0.2) is 4.39 Å². The smallest absolute Gasteiger partial charge is 0.230 e. The van der Waals surface area contributed by atoms with E-state index in [-0.39, 0.29) is 29.6 Å². The highest BCUT2D eigenvalue weighted by atomic mass is 32.2. The van der Waals surface area contributed by atoms with Gasteiger partial charge in [-0.05, 0) is 49.9 Å². The van der Waals surface area contributed by atoms with Crippen LogP contribution < -0.4 is 5.32 Å². The Labute approximate surface area is 169 Å². The van der Waals surface area contributed by atoms with E-state index in [0.29, 0.717) is 23.4 Å². The number of nitrogens with zero attached hydrogens (tertiary/aromatic N) is 3. The number of rotatable bonds is 8. The molecule has 3 rings (SSSR count). The van der Waals surface area contributed by atoms with E-state index in [2.05, 4.69) is 29.4 Å². The molecule has 1 aliphatic rings. The molecule has 0 aliphatic carbocycles. The van der Waals surface area contributed by atoms with Gasteiger partial charge >= 0.3 is 0 Å². The highest BCUT2D eigenvalue weighted by Crippen LogP contribution is 2.26. The zero-order valence-corrected chi connectivity index (χ0v) is 17.3. The van der Waals surface area contributed by atoms with Gasteiger partial charge in [-0.3, -0.25) is 9.36 Å². The fourth-order valence-electron chi connectivity index (χ4n) is 2.96. The lowest BCUT2D eigenvalue weighted by Crippen LogP contribution is -2.37. The Bertz CT molecular complexity index is 788. The molecule has 1 amide bonds. The minimum Gasteiger partial charge on any atom is -0.376 e. The van der Waals surface area contributed by atoms with Crippen LogP contribution >= 0.6 is 11.8 Å². The van der Waals surface area contributed by atoms with Crippen molar-refractivity contribution in [3.8, 4) is 11.4 Å². The number of thioether (sulfide) groups is 1. The average molecular weight is 407 g/mol. The van der Waals surface area contributed by atoms with Crippen LogP contribution in [-0.2, 0) is 16.1 Å². The summed E-state index contributed by atoms with van der Waals surface area (Å²) in [5, 5.41) is 12.3. The molecule has 1 aromatic carbocycles. The first-order chi connectivity index (χ1) is 13.4. The third-order valence-electron chi connectivity index (χ3n) is 4.95. The molecule has 2 unspecified atom stereocenters. The van der Waals surface area contributed by atoms with Crippen molar-refractivity contribution in [3.63, 3.8) is 0 Å². The number of carbonyl (C=O) groups is 1. The third-order valence-corrected chi connectivity index (χ3v) is 5.92. The van der Waals surface area contributed by atoms with Crippen molar-refractivity contribution < 1.29 is 13.9 Å². The summed E-state index contributed by atoms with van der Waals surface area (Å²) in [5.41, 5.74) is 0.789. The largest absolute Gasteiger partial charge is 0.376 e. The second-order valence-corrected chi connectivity index (χ2v) is 8.39. The van der Waals surface area contributed by atoms with Crippen LogP contribution in [-0.4, -0.2) is 45.2 Å². The van der Waals surface area contributed by atoms with Crippen molar-refractivity contribution in [3.05, 3.63) is 30.1 Å². The van der Waals surface area contributed by atoms with Crippen molar-refractivity contribution in [2.24, 2.45) is 5.92 Å². The monoisotopic (exact) mass is 406 g/mol. The summed E-state index contributed by atoms with van der Waals surface area (Å²) in [6.45, 7) is 7.53. The second kappa shape index (κ2) is 9.52. The van der Waals surface area contributed by atoms with E-state index in [0.717, 1.165) is 25.0 Å².